The highest BCUT2D eigenvalue weighted by molar-refractivity contribution is 5.95. The van der Waals surface area contributed by atoms with Crippen LogP contribution in [-0.2, 0) is 25.9 Å². The Morgan fingerprint density at radius 3 is 2.87 bits per heavy atom. The van der Waals surface area contributed by atoms with E-state index >= 15 is 0 Å². The zero-order valence-electron chi connectivity index (χ0n) is 17.4. The molecule has 0 aliphatic carbocycles. The van der Waals surface area contributed by atoms with Gasteiger partial charge in [-0.05, 0) is 60.7 Å². The molecule has 0 spiro atoms. The van der Waals surface area contributed by atoms with Crippen LogP contribution in [0.5, 0.6) is 5.75 Å². The van der Waals surface area contributed by atoms with Crippen molar-refractivity contribution < 1.29 is 13.9 Å². The normalized spacial score (nSPS) is 17.6. The van der Waals surface area contributed by atoms with Gasteiger partial charge in [0.05, 0.1) is 25.5 Å². The summed E-state index contributed by atoms with van der Waals surface area (Å²) in [4.78, 5) is 17.6. The van der Waals surface area contributed by atoms with Crippen molar-refractivity contribution in [3.63, 3.8) is 0 Å². The molecule has 1 unspecified atom stereocenters. The van der Waals surface area contributed by atoms with Gasteiger partial charge < -0.3 is 19.0 Å². The lowest BCUT2D eigenvalue weighted by Gasteiger charge is -2.29. The Kier molecular flexibility index (Phi) is 4.74. The first-order valence-electron chi connectivity index (χ1n) is 10.5. The SMILES string of the molecule is COc1ccc2c(c1)CN(C(=O)c1ccoc1CN1c3ccccc3CC1C)CC2. The lowest BCUT2D eigenvalue weighted by molar-refractivity contribution is 0.0732. The summed E-state index contributed by atoms with van der Waals surface area (Å²) in [5, 5.41) is 0. The van der Waals surface area contributed by atoms with Crippen LogP contribution >= 0.6 is 0 Å². The number of para-hydroxylation sites is 1. The fourth-order valence-electron chi connectivity index (χ4n) is 4.68. The lowest BCUT2D eigenvalue weighted by Crippen LogP contribution is -2.36. The van der Waals surface area contributed by atoms with Crippen LogP contribution in [0.1, 0.15) is 39.7 Å². The second-order valence-corrected chi connectivity index (χ2v) is 8.18. The molecule has 2 aliphatic rings. The van der Waals surface area contributed by atoms with Gasteiger partial charge in [-0.2, -0.15) is 0 Å². The smallest absolute Gasteiger partial charge is 0.257 e. The van der Waals surface area contributed by atoms with Crippen molar-refractivity contribution in [2.45, 2.75) is 38.9 Å². The molecule has 2 aliphatic heterocycles. The van der Waals surface area contributed by atoms with E-state index in [1.807, 2.05) is 23.1 Å². The number of anilines is 1. The molecule has 3 aromatic rings. The van der Waals surface area contributed by atoms with Gasteiger partial charge in [0.15, 0.2) is 0 Å². The molecule has 30 heavy (non-hydrogen) atoms. The van der Waals surface area contributed by atoms with Gasteiger partial charge in [-0.1, -0.05) is 24.3 Å². The number of hydrogen-bond acceptors (Lipinski definition) is 4. The van der Waals surface area contributed by atoms with E-state index in [-0.39, 0.29) is 5.91 Å². The fourth-order valence-corrected chi connectivity index (χ4v) is 4.68. The molecular formula is C25H26N2O3. The number of amides is 1. The molecule has 5 nitrogen and oxygen atoms in total. The van der Waals surface area contributed by atoms with Crippen molar-refractivity contribution in [3.8, 4) is 5.75 Å². The van der Waals surface area contributed by atoms with Gasteiger partial charge in [-0.3, -0.25) is 4.79 Å². The molecule has 1 atom stereocenters. The number of carbonyl (C=O) groups is 1. The number of methoxy groups -OCH3 is 1. The van der Waals surface area contributed by atoms with Crippen LogP contribution in [-0.4, -0.2) is 30.5 Å². The van der Waals surface area contributed by atoms with Crippen molar-refractivity contribution in [2.75, 3.05) is 18.6 Å². The first-order chi connectivity index (χ1) is 14.6. The van der Waals surface area contributed by atoms with E-state index in [0.717, 1.165) is 29.9 Å². The number of benzene rings is 2. The van der Waals surface area contributed by atoms with Crippen molar-refractivity contribution in [1.29, 1.82) is 0 Å². The van der Waals surface area contributed by atoms with Gasteiger partial charge in [-0.15, -0.1) is 0 Å². The highest BCUT2D eigenvalue weighted by Crippen LogP contribution is 2.34. The minimum atomic E-state index is 0.0346. The summed E-state index contributed by atoms with van der Waals surface area (Å²) in [6.45, 7) is 4.13. The van der Waals surface area contributed by atoms with Crippen molar-refractivity contribution in [1.82, 2.24) is 4.90 Å². The Bertz CT molecular complexity index is 1090. The molecule has 1 aromatic heterocycles. The molecule has 0 radical (unpaired) electrons. The Morgan fingerprint density at radius 1 is 1.13 bits per heavy atom. The number of rotatable bonds is 4. The van der Waals surface area contributed by atoms with Crippen LogP contribution in [0.25, 0.3) is 0 Å². The van der Waals surface area contributed by atoms with Gasteiger partial charge in [0.25, 0.3) is 5.91 Å². The van der Waals surface area contributed by atoms with Gasteiger partial charge in [-0.25, -0.2) is 0 Å². The van der Waals surface area contributed by atoms with Crippen LogP contribution in [0.15, 0.2) is 59.2 Å². The highest BCUT2D eigenvalue weighted by atomic mass is 16.5. The maximum atomic E-state index is 13.4. The predicted octanol–water partition coefficient (Wildman–Crippen LogP) is 4.44. The molecule has 5 rings (SSSR count). The van der Waals surface area contributed by atoms with E-state index in [9.17, 15) is 4.79 Å². The van der Waals surface area contributed by atoms with Crippen molar-refractivity contribution >= 4 is 11.6 Å². The Labute approximate surface area is 176 Å². The molecule has 0 saturated carbocycles. The minimum absolute atomic E-state index is 0.0346. The van der Waals surface area contributed by atoms with Crippen LogP contribution in [0, 0.1) is 0 Å². The molecule has 0 fully saturated rings. The fraction of sp³-hybridized carbons (Fsp3) is 0.320. The topological polar surface area (TPSA) is 45.9 Å². The second-order valence-electron chi connectivity index (χ2n) is 8.18. The Morgan fingerprint density at radius 2 is 2.00 bits per heavy atom. The maximum Gasteiger partial charge on any atom is 0.257 e. The molecule has 2 aromatic carbocycles. The van der Waals surface area contributed by atoms with Gasteiger partial charge in [0.1, 0.15) is 11.5 Å². The Balaban J connectivity index is 1.37. The lowest BCUT2D eigenvalue weighted by atomic mass is 9.99. The number of hydrogen-bond donors (Lipinski definition) is 0. The second kappa shape index (κ2) is 7.56. The van der Waals surface area contributed by atoms with Crippen LogP contribution < -0.4 is 9.64 Å². The first-order valence-corrected chi connectivity index (χ1v) is 10.5. The van der Waals surface area contributed by atoms with Crippen LogP contribution in [0.3, 0.4) is 0 Å². The average Bonchev–Trinajstić information content (AvgIpc) is 3.37. The monoisotopic (exact) mass is 402 g/mol. The summed E-state index contributed by atoms with van der Waals surface area (Å²) >= 11 is 0. The molecule has 0 bridgehead atoms. The number of ether oxygens (including phenoxy) is 1. The zero-order valence-corrected chi connectivity index (χ0v) is 17.4. The van der Waals surface area contributed by atoms with Gasteiger partial charge in [0, 0.05) is 24.8 Å². The molecular weight excluding hydrogens is 376 g/mol. The van der Waals surface area contributed by atoms with Crippen molar-refractivity contribution in [2.24, 2.45) is 0 Å². The third-order valence-electron chi connectivity index (χ3n) is 6.35. The summed E-state index contributed by atoms with van der Waals surface area (Å²) in [6.07, 6.45) is 3.51. The first kappa shape index (κ1) is 18.8. The van der Waals surface area contributed by atoms with E-state index in [1.165, 1.54) is 16.8 Å². The largest absolute Gasteiger partial charge is 0.497 e. The summed E-state index contributed by atoms with van der Waals surface area (Å²) in [6, 6.07) is 16.8. The number of nitrogens with zero attached hydrogens (tertiary/aromatic N) is 2. The highest BCUT2D eigenvalue weighted by Gasteiger charge is 2.30. The predicted molar refractivity (Wildman–Crippen MR) is 116 cm³/mol. The average molecular weight is 402 g/mol. The molecule has 0 saturated heterocycles. The molecule has 3 heterocycles. The summed E-state index contributed by atoms with van der Waals surface area (Å²) < 4.78 is 11.2. The molecule has 0 N–H and O–H groups in total. The van der Waals surface area contributed by atoms with E-state index < -0.39 is 0 Å². The number of furan rings is 1. The van der Waals surface area contributed by atoms with E-state index in [1.54, 1.807) is 13.4 Å². The third kappa shape index (κ3) is 3.24. The van der Waals surface area contributed by atoms with E-state index in [0.29, 0.717) is 31.2 Å². The summed E-state index contributed by atoms with van der Waals surface area (Å²) in [5.74, 6) is 1.60. The minimum Gasteiger partial charge on any atom is -0.497 e. The van der Waals surface area contributed by atoms with Gasteiger partial charge >= 0.3 is 0 Å². The van der Waals surface area contributed by atoms with Gasteiger partial charge in [0.2, 0.25) is 0 Å². The van der Waals surface area contributed by atoms with Crippen LogP contribution in [0.2, 0.25) is 0 Å². The maximum absolute atomic E-state index is 13.4. The standard InChI is InChI=1S/C25H26N2O3/c1-17-13-19-5-3-4-6-23(19)27(17)16-24-22(10-12-30-24)25(28)26-11-9-18-7-8-21(29-2)14-20(18)15-26/h3-8,10,12,14,17H,9,11,13,15-16H2,1-2H3. The summed E-state index contributed by atoms with van der Waals surface area (Å²) in [7, 11) is 1.67. The van der Waals surface area contributed by atoms with E-state index in [2.05, 4.69) is 42.2 Å². The summed E-state index contributed by atoms with van der Waals surface area (Å²) in [5.41, 5.74) is 5.69. The van der Waals surface area contributed by atoms with Crippen molar-refractivity contribution in [3.05, 3.63) is 82.8 Å². The zero-order chi connectivity index (χ0) is 20.7. The molecule has 5 heteroatoms. The van der Waals surface area contributed by atoms with Crippen LogP contribution in [0.4, 0.5) is 5.69 Å². The molecule has 154 valence electrons. The Hall–Kier alpha value is -3.21. The third-order valence-corrected chi connectivity index (χ3v) is 6.35. The number of carbonyl (C=O) groups excluding carboxylic acids is 1. The number of fused-ring (bicyclic) bond motifs is 2. The molecule has 1 amide bonds. The van der Waals surface area contributed by atoms with E-state index in [4.69, 9.17) is 9.15 Å². The quantitative estimate of drug-likeness (QED) is 0.647.